The van der Waals surface area contributed by atoms with Crippen LogP contribution in [0.15, 0.2) is 36.4 Å². The largest absolute Gasteiger partial charge is 0.481 e. The van der Waals surface area contributed by atoms with Crippen LogP contribution in [0.1, 0.15) is 36.3 Å². The van der Waals surface area contributed by atoms with E-state index in [9.17, 15) is 23.1 Å². The summed E-state index contributed by atoms with van der Waals surface area (Å²) in [5.41, 5.74) is 0.862. The van der Waals surface area contributed by atoms with E-state index in [1.165, 1.54) is 12.1 Å². The summed E-state index contributed by atoms with van der Waals surface area (Å²) in [6.07, 6.45) is -2.71. The summed E-state index contributed by atoms with van der Waals surface area (Å²) in [7, 11) is 0. The highest BCUT2D eigenvalue weighted by Crippen LogP contribution is 2.40. The Bertz CT molecular complexity index is 517. The van der Waals surface area contributed by atoms with Crippen LogP contribution < -0.4 is 0 Å². The average Bonchev–Trinajstić information content (AvgIpc) is 2.37. The Morgan fingerprint density at radius 1 is 1.25 bits per heavy atom. The van der Waals surface area contributed by atoms with Crippen LogP contribution in [0.5, 0.6) is 0 Å². The zero-order valence-corrected chi connectivity index (χ0v) is 10.8. The van der Waals surface area contributed by atoms with E-state index in [0.717, 1.165) is 17.7 Å². The van der Waals surface area contributed by atoms with E-state index < -0.39 is 23.6 Å². The molecule has 0 aliphatic heterocycles. The van der Waals surface area contributed by atoms with E-state index in [1.807, 2.05) is 0 Å². The van der Waals surface area contributed by atoms with Gasteiger partial charge < -0.3 is 5.11 Å². The van der Waals surface area contributed by atoms with Crippen molar-refractivity contribution in [2.24, 2.45) is 5.92 Å². The second-order valence-electron chi connectivity index (χ2n) is 5.16. The number of alkyl halides is 3. The van der Waals surface area contributed by atoms with E-state index in [1.54, 1.807) is 0 Å². The molecule has 1 aliphatic carbocycles. The summed E-state index contributed by atoms with van der Waals surface area (Å²) in [6, 6.07) is 4.77. The molecule has 20 heavy (non-hydrogen) atoms. The summed E-state index contributed by atoms with van der Waals surface area (Å²) in [5, 5.41) is 9.23. The maximum Gasteiger partial charge on any atom is 0.416 e. The molecule has 0 aromatic heterocycles. The molecular weight excluding hydrogens is 269 g/mol. The van der Waals surface area contributed by atoms with Gasteiger partial charge in [0.25, 0.3) is 0 Å². The Hall–Kier alpha value is -1.78. The molecule has 0 radical (unpaired) electrons. The number of benzene rings is 1. The first-order chi connectivity index (χ1) is 9.29. The van der Waals surface area contributed by atoms with Gasteiger partial charge in [0.05, 0.1) is 11.5 Å². The van der Waals surface area contributed by atoms with Crippen molar-refractivity contribution in [1.29, 1.82) is 0 Å². The van der Waals surface area contributed by atoms with E-state index in [4.69, 9.17) is 0 Å². The second-order valence-corrected chi connectivity index (χ2v) is 5.16. The maximum absolute atomic E-state index is 12.5. The Morgan fingerprint density at radius 3 is 2.35 bits per heavy atom. The van der Waals surface area contributed by atoms with Crippen LogP contribution in [-0.2, 0) is 11.0 Å². The number of carboxylic acid groups (broad SMARTS) is 1. The zero-order chi connectivity index (χ0) is 14.9. The van der Waals surface area contributed by atoms with Crippen LogP contribution in [0.2, 0.25) is 0 Å². The molecule has 5 heteroatoms. The number of rotatable bonds is 2. The third-order valence-electron chi connectivity index (χ3n) is 3.79. The fourth-order valence-corrected chi connectivity index (χ4v) is 2.68. The van der Waals surface area contributed by atoms with Crippen LogP contribution in [0.4, 0.5) is 13.2 Å². The van der Waals surface area contributed by atoms with E-state index in [-0.39, 0.29) is 5.92 Å². The minimum atomic E-state index is -4.37. The zero-order valence-electron chi connectivity index (χ0n) is 10.8. The van der Waals surface area contributed by atoms with Gasteiger partial charge in [0.1, 0.15) is 0 Å². The van der Waals surface area contributed by atoms with Crippen molar-refractivity contribution in [3.8, 4) is 0 Å². The van der Waals surface area contributed by atoms with Gasteiger partial charge in [-0.2, -0.15) is 13.2 Å². The molecule has 2 rings (SSSR count). The molecule has 108 valence electrons. The third-order valence-corrected chi connectivity index (χ3v) is 3.79. The quantitative estimate of drug-likeness (QED) is 0.825. The summed E-state index contributed by atoms with van der Waals surface area (Å²) in [6.45, 7) is 3.87. The predicted octanol–water partition coefficient (Wildman–Crippen LogP) is 4.23. The van der Waals surface area contributed by atoms with E-state index >= 15 is 0 Å². The molecular formula is C15H15F3O2. The SMILES string of the molecule is C=C1CC[C@@H](C(=O)O)C(c2ccc(C(F)(F)F)cc2)C1. The average molecular weight is 284 g/mol. The topological polar surface area (TPSA) is 37.3 Å². The Balaban J connectivity index is 2.28. The van der Waals surface area contributed by atoms with Crippen LogP contribution >= 0.6 is 0 Å². The number of carbonyl (C=O) groups is 1. The van der Waals surface area contributed by atoms with Crippen molar-refractivity contribution in [1.82, 2.24) is 0 Å². The maximum atomic E-state index is 12.5. The van der Waals surface area contributed by atoms with Gasteiger partial charge >= 0.3 is 12.1 Å². The molecule has 0 amide bonds. The Morgan fingerprint density at radius 2 is 1.85 bits per heavy atom. The predicted molar refractivity (Wildman–Crippen MR) is 68.3 cm³/mol. The number of hydrogen-bond acceptors (Lipinski definition) is 1. The summed E-state index contributed by atoms with van der Waals surface area (Å²) in [4.78, 5) is 11.3. The van der Waals surface area contributed by atoms with Crippen molar-refractivity contribution in [2.45, 2.75) is 31.4 Å². The summed E-state index contributed by atoms with van der Waals surface area (Å²) >= 11 is 0. The normalized spacial score (nSPS) is 23.6. The molecule has 1 aromatic carbocycles. The number of hydrogen-bond donors (Lipinski definition) is 1. The van der Waals surface area contributed by atoms with Gasteiger partial charge in [-0.3, -0.25) is 4.79 Å². The molecule has 1 N–H and O–H groups in total. The van der Waals surface area contributed by atoms with Crippen LogP contribution in [-0.4, -0.2) is 11.1 Å². The summed E-state index contributed by atoms with van der Waals surface area (Å²) in [5.74, 6) is -1.75. The lowest BCUT2D eigenvalue weighted by Gasteiger charge is -2.30. The molecule has 0 heterocycles. The van der Waals surface area contributed by atoms with Crippen LogP contribution in [0.3, 0.4) is 0 Å². The lowest BCUT2D eigenvalue weighted by atomic mass is 9.74. The molecule has 1 aromatic rings. The molecule has 0 saturated heterocycles. The molecule has 0 bridgehead atoms. The fourth-order valence-electron chi connectivity index (χ4n) is 2.68. The van der Waals surface area contributed by atoms with Crippen LogP contribution in [0.25, 0.3) is 0 Å². The number of aliphatic carboxylic acids is 1. The first-order valence-electron chi connectivity index (χ1n) is 6.35. The van der Waals surface area contributed by atoms with Gasteiger partial charge in [0, 0.05) is 5.92 Å². The first-order valence-corrected chi connectivity index (χ1v) is 6.35. The smallest absolute Gasteiger partial charge is 0.416 e. The minimum Gasteiger partial charge on any atom is -0.481 e. The highest BCUT2D eigenvalue weighted by molar-refractivity contribution is 5.72. The van der Waals surface area contributed by atoms with Crippen molar-refractivity contribution >= 4 is 5.97 Å². The van der Waals surface area contributed by atoms with Crippen molar-refractivity contribution in [2.75, 3.05) is 0 Å². The van der Waals surface area contributed by atoms with Crippen molar-refractivity contribution in [3.05, 3.63) is 47.5 Å². The van der Waals surface area contributed by atoms with Gasteiger partial charge in [0.2, 0.25) is 0 Å². The molecule has 1 aliphatic rings. The number of allylic oxidation sites excluding steroid dienone is 1. The van der Waals surface area contributed by atoms with Gasteiger partial charge in [-0.15, -0.1) is 0 Å². The monoisotopic (exact) mass is 284 g/mol. The highest BCUT2D eigenvalue weighted by atomic mass is 19.4. The fraction of sp³-hybridized carbons (Fsp3) is 0.400. The second kappa shape index (κ2) is 5.31. The standard InChI is InChI=1S/C15H15F3O2/c1-9-2-7-12(14(19)20)13(8-9)10-3-5-11(6-4-10)15(16,17)18/h3-6,12-13H,1-2,7-8H2,(H,19,20)/t12-,13?/m1/s1. The molecule has 2 nitrogen and oxygen atoms in total. The molecule has 0 spiro atoms. The van der Waals surface area contributed by atoms with Gasteiger partial charge in [0.15, 0.2) is 0 Å². The molecule has 2 atom stereocenters. The van der Waals surface area contributed by atoms with Gasteiger partial charge in [-0.05, 0) is 37.0 Å². The highest BCUT2D eigenvalue weighted by Gasteiger charge is 2.34. The Kier molecular flexibility index (Phi) is 3.88. The first kappa shape index (κ1) is 14.6. The Labute approximate surface area is 114 Å². The number of carboxylic acids is 1. The van der Waals surface area contributed by atoms with Gasteiger partial charge in [-0.1, -0.05) is 24.3 Å². The van der Waals surface area contributed by atoms with Crippen molar-refractivity contribution < 1.29 is 23.1 Å². The molecule has 1 fully saturated rings. The molecule has 1 saturated carbocycles. The van der Waals surface area contributed by atoms with Gasteiger partial charge in [-0.25, -0.2) is 0 Å². The van der Waals surface area contributed by atoms with E-state index in [2.05, 4.69) is 6.58 Å². The van der Waals surface area contributed by atoms with Crippen LogP contribution in [0, 0.1) is 5.92 Å². The number of halogens is 3. The lowest BCUT2D eigenvalue weighted by molar-refractivity contribution is -0.143. The lowest BCUT2D eigenvalue weighted by Crippen LogP contribution is -2.26. The summed E-state index contributed by atoms with van der Waals surface area (Å²) < 4.78 is 37.6. The molecule has 1 unspecified atom stereocenters. The minimum absolute atomic E-state index is 0.295. The van der Waals surface area contributed by atoms with Crippen molar-refractivity contribution in [3.63, 3.8) is 0 Å². The van der Waals surface area contributed by atoms with E-state index in [0.29, 0.717) is 24.8 Å². The third kappa shape index (κ3) is 3.03.